The molecule has 1 heterocycles. The van der Waals surface area contributed by atoms with Crippen molar-refractivity contribution in [3.63, 3.8) is 0 Å². The normalized spacial score (nSPS) is 17.9. The fourth-order valence-electron chi connectivity index (χ4n) is 3.15. The second-order valence-electron chi connectivity index (χ2n) is 6.11. The fourth-order valence-corrected chi connectivity index (χ4v) is 4.14. The van der Waals surface area contributed by atoms with Gasteiger partial charge >= 0.3 is 0 Å². The molecule has 3 nitrogen and oxygen atoms in total. The molecule has 1 fully saturated rings. The number of fused-ring (bicyclic) bond motifs is 1. The van der Waals surface area contributed by atoms with E-state index in [-0.39, 0.29) is 0 Å². The minimum atomic E-state index is 0.333. The van der Waals surface area contributed by atoms with Gasteiger partial charge in [-0.05, 0) is 38.9 Å². The van der Waals surface area contributed by atoms with E-state index in [1.54, 1.807) is 11.3 Å². The van der Waals surface area contributed by atoms with Gasteiger partial charge in [0.1, 0.15) is 5.01 Å². The third-order valence-corrected chi connectivity index (χ3v) is 5.76. The van der Waals surface area contributed by atoms with Crippen LogP contribution in [-0.4, -0.2) is 36.1 Å². The van der Waals surface area contributed by atoms with Crippen LogP contribution in [0, 0.1) is 0 Å². The van der Waals surface area contributed by atoms with Gasteiger partial charge in [0, 0.05) is 19.1 Å². The number of hydrogen-bond donors (Lipinski definition) is 1. The minimum Gasteiger partial charge on any atom is -0.307 e. The van der Waals surface area contributed by atoms with Crippen molar-refractivity contribution < 1.29 is 0 Å². The highest BCUT2D eigenvalue weighted by atomic mass is 32.1. The highest BCUT2D eigenvalue weighted by Gasteiger charge is 2.19. The van der Waals surface area contributed by atoms with Crippen LogP contribution in [0.2, 0.25) is 0 Å². The highest BCUT2D eigenvalue weighted by Crippen LogP contribution is 2.26. The average molecular weight is 303 g/mol. The zero-order valence-electron chi connectivity index (χ0n) is 13.0. The van der Waals surface area contributed by atoms with Crippen LogP contribution < -0.4 is 5.32 Å². The Hall–Kier alpha value is -0.970. The summed E-state index contributed by atoms with van der Waals surface area (Å²) in [4.78, 5) is 7.25. The van der Waals surface area contributed by atoms with E-state index in [1.165, 1.54) is 35.4 Å². The van der Waals surface area contributed by atoms with E-state index in [1.807, 2.05) is 0 Å². The number of nitrogens with one attached hydrogen (secondary N) is 1. The number of benzene rings is 1. The Balaban J connectivity index is 1.50. The molecular formula is C17H25N3S. The molecule has 0 aliphatic heterocycles. The van der Waals surface area contributed by atoms with E-state index < -0.39 is 0 Å². The maximum absolute atomic E-state index is 4.73. The average Bonchev–Trinajstić information content (AvgIpc) is 3.16. The van der Waals surface area contributed by atoms with Gasteiger partial charge in [0.25, 0.3) is 0 Å². The lowest BCUT2D eigenvalue weighted by Gasteiger charge is -2.24. The summed E-state index contributed by atoms with van der Waals surface area (Å²) in [7, 11) is 2.26. The van der Waals surface area contributed by atoms with Gasteiger partial charge in [-0.1, -0.05) is 25.0 Å². The molecule has 1 aromatic heterocycles. The molecule has 1 atom stereocenters. The van der Waals surface area contributed by atoms with E-state index in [4.69, 9.17) is 4.98 Å². The first-order valence-electron chi connectivity index (χ1n) is 8.03. The smallest absolute Gasteiger partial charge is 0.111 e. The number of hydrogen-bond acceptors (Lipinski definition) is 4. The third kappa shape index (κ3) is 3.62. The van der Waals surface area contributed by atoms with E-state index in [2.05, 4.69) is 48.5 Å². The summed E-state index contributed by atoms with van der Waals surface area (Å²) in [5, 5.41) is 4.81. The van der Waals surface area contributed by atoms with Gasteiger partial charge in [-0.25, -0.2) is 4.98 Å². The first-order chi connectivity index (χ1) is 10.2. The van der Waals surface area contributed by atoms with Gasteiger partial charge in [0.2, 0.25) is 0 Å². The molecule has 4 heteroatoms. The third-order valence-electron chi connectivity index (χ3n) is 4.54. The van der Waals surface area contributed by atoms with Crippen molar-refractivity contribution in [2.75, 3.05) is 20.1 Å². The molecule has 0 bridgehead atoms. The van der Waals surface area contributed by atoms with E-state index in [9.17, 15) is 0 Å². The molecule has 21 heavy (non-hydrogen) atoms. The number of rotatable bonds is 6. The Morgan fingerprint density at radius 3 is 2.86 bits per heavy atom. The molecule has 1 unspecified atom stereocenters. The monoisotopic (exact) mass is 303 g/mol. The molecule has 0 radical (unpaired) electrons. The van der Waals surface area contributed by atoms with E-state index in [0.29, 0.717) is 6.04 Å². The second kappa shape index (κ2) is 6.86. The number of likely N-dealkylation sites (N-methyl/N-ethyl adjacent to an activating group) is 1. The van der Waals surface area contributed by atoms with Crippen LogP contribution in [0.15, 0.2) is 24.3 Å². The zero-order chi connectivity index (χ0) is 14.7. The van der Waals surface area contributed by atoms with Crippen LogP contribution in [0.4, 0.5) is 0 Å². The van der Waals surface area contributed by atoms with Crippen LogP contribution in [0.3, 0.4) is 0 Å². The Morgan fingerprint density at radius 2 is 2.10 bits per heavy atom. The van der Waals surface area contributed by atoms with Crippen molar-refractivity contribution in [1.29, 1.82) is 0 Å². The summed E-state index contributed by atoms with van der Waals surface area (Å²) in [6.45, 7) is 4.37. The molecule has 1 aromatic carbocycles. The lowest BCUT2D eigenvalue weighted by Crippen LogP contribution is -2.36. The van der Waals surface area contributed by atoms with Gasteiger partial charge in [0.05, 0.1) is 16.3 Å². The molecule has 0 spiro atoms. The molecule has 114 valence electrons. The largest absolute Gasteiger partial charge is 0.307 e. The van der Waals surface area contributed by atoms with Crippen LogP contribution in [0.5, 0.6) is 0 Å². The minimum absolute atomic E-state index is 0.333. The van der Waals surface area contributed by atoms with Crippen LogP contribution in [0.25, 0.3) is 10.2 Å². The standard InChI is InChI=1S/C17H25N3S/c1-13(17-19-15-9-5-6-10-16(15)21-17)18-11-12-20(2)14-7-3-4-8-14/h5-6,9-10,13-14,18H,3-4,7-8,11-12H2,1-2H3. The highest BCUT2D eigenvalue weighted by molar-refractivity contribution is 7.18. The molecule has 0 amide bonds. The van der Waals surface area contributed by atoms with Crippen LogP contribution in [-0.2, 0) is 0 Å². The van der Waals surface area contributed by atoms with Gasteiger partial charge in [-0.15, -0.1) is 11.3 Å². The summed E-state index contributed by atoms with van der Waals surface area (Å²) in [5.74, 6) is 0. The van der Waals surface area contributed by atoms with Gasteiger partial charge < -0.3 is 10.2 Å². The maximum atomic E-state index is 4.73. The first-order valence-corrected chi connectivity index (χ1v) is 8.85. The van der Waals surface area contributed by atoms with Crippen molar-refractivity contribution in [2.45, 2.75) is 44.7 Å². The number of para-hydroxylation sites is 1. The van der Waals surface area contributed by atoms with Crippen LogP contribution >= 0.6 is 11.3 Å². The molecule has 1 saturated carbocycles. The van der Waals surface area contributed by atoms with Gasteiger partial charge in [-0.3, -0.25) is 0 Å². The Bertz CT molecular complexity index is 541. The van der Waals surface area contributed by atoms with Crippen molar-refractivity contribution in [3.8, 4) is 0 Å². The quantitative estimate of drug-likeness (QED) is 0.879. The summed E-state index contributed by atoms with van der Waals surface area (Å²) < 4.78 is 1.28. The van der Waals surface area contributed by atoms with E-state index in [0.717, 1.165) is 24.6 Å². The predicted octanol–water partition coefficient (Wildman–Crippen LogP) is 3.82. The molecule has 3 rings (SSSR count). The molecule has 2 aromatic rings. The Kier molecular flexibility index (Phi) is 4.88. The second-order valence-corrected chi connectivity index (χ2v) is 7.18. The molecule has 1 N–H and O–H groups in total. The lowest BCUT2D eigenvalue weighted by molar-refractivity contribution is 0.243. The number of thiazole rings is 1. The summed E-state index contributed by atoms with van der Waals surface area (Å²) in [5.41, 5.74) is 1.12. The number of aromatic nitrogens is 1. The summed E-state index contributed by atoms with van der Waals surface area (Å²) in [6, 6.07) is 9.52. The SMILES string of the molecule is CC(NCCN(C)C1CCCC1)c1nc2ccccc2s1. The van der Waals surface area contributed by atoms with Gasteiger partial charge in [0.15, 0.2) is 0 Å². The molecular weight excluding hydrogens is 278 g/mol. The Morgan fingerprint density at radius 1 is 1.33 bits per heavy atom. The van der Waals surface area contributed by atoms with Crippen LogP contribution in [0.1, 0.15) is 43.7 Å². The van der Waals surface area contributed by atoms with Crippen molar-refractivity contribution in [2.24, 2.45) is 0 Å². The maximum Gasteiger partial charge on any atom is 0.111 e. The predicted molar refractivity (Wildman–Crippen MR) is 90.9 cm³/mol. The summed E-state index contributed by atoms with van der Waals surface area (Å²) >= 11 is 1.80. The fraction of sp³-hybridized carbons (Fsp3) is 0.588. The number of nitrogens with zero attached hydrogens (tertiary/aromatic N) is 2. The molecule has 0 saturated heterocycles. The molecule has 1 aliphatic rings. The Labute approximate surface area is 131 Å². The van der Waals surface area contributed by atoms with Crippen molar-refractivity contribution in [1.82, 2.24) is 15.2 Å². The first kappa shape index (κ1) is 14.9. The topological polar surface area (TPSA) is 28.2 Å². The zero-order valence-corrected chi connectivity index (χ0v) is 13.8. The summed E-state index contributed by atoms with van der Waals surface area (Å²) in [6.07, 6.45) is 5.57. The van der Waals surface area contributed by atoms with E-state index >= 15 is 0 Å². The van der Waals surface area contributed by atoms with Gasteiger partial charge in [-0.2, -0.15) is 0 Å². The van der Waals surface area contributed by atoms with Crippen molar-refractivity contribution in [3.05, 3.63) is 29.3 Å². The molecule has 1 aliphatic carbocycles. The lowest BCUT2D eigenvalue weighted by atomic mass is 10.2. The van der Waals surface area contributed by atoms with Crippen molar-refractivity contribution >= 4 is 21.6 Å².